The van der Waals surface area contributed by atoms with Gasteiger partial charge in [-0.15, -0.1) is 11.3 Å². The van der Waals surface area contributed by atoms with Crippen molar-refractivity contribution in [2.45, 2.75) is 26.4 Å². The standard InChI is InChI=1S/C18H16N4OS/c1-12(23)22-7-6-15-16(9-20)18(24-17(15)11-22)21-10-14-4-2-13(8-19)3-5-14/h2-5,21H,6-7,10-11H2,1H3. The minimum absolute atomic E-state index is 0.0691. The number of nitriles is 2. The summed E-state index contributed by atoms with van der Waals surface area (Å²) < 4.78 is 0. The van der Waals surface area contributed by atoms with E-state index in [0.717, 1.165) is 27.4 Å². The van der Waals surface area contributed by atoms with E-state index in [1.807, 2.05) is 17.0 Å². The maximum absolute atomic E-state index is 11.6. The fourth-order valence-corrected chi connectivity index (χ4v) is 4.00. The van der Waals surface area contributed by atoms with E-state index in [1.165, 1.54) is 0 Å². The van der Waals surface area contributed by atoms with E-state index in [2.05, 4.69) is 17.5 Å². The number of rotatable bonds is 3. The molecule has 1 aliphatic rings. The molecule has 2 aromatic rings. The molecule has 0 atom stereocenters. The Morgan fingerprint density at radius 3 is 2.67 bits per heavy atom. The molecule has 0 radical (unpaired) electrons. The average molecular weight is 336 g/mol. The fourth-order valence-electron chi connectivity index (χ4n) is 2.79. The van der Waals surface area contributed by atoms with Crippen LogP contribution in [0.3, 0.4) is 0 Å². The first-order valence-corrected chi connectivity index (χ1v) is 8.47. The van der Waals surface area contributed by atoms with E-state index in [9.17, 15) is 10.1 Å². The van der Waals surface area contributed by atoms with E-state index in [0.29, 0.717) is 30.8 Å². The Kier molecular flexibility index (Phi) is 4.50. The van der Waals surface area contributed by atoms with Gasteiger partial charge in [0.15, 0.2) is 0 Å². The summed E-state index contributed by atoms with van der Waals surface area (Å²) in [5.74, 6) is 0.0691. The predicted octanol–water partition coefficient (Wildman–Crippen LogP) is 3.01. The minimum Gasteiger partial charge on any atom is -0.372 e. The topological polar surface area (TPSA) is 79.9 Å². The van der Waals surface area contributed by atoms with Gasteiger partial charge in [0.1, 0.15) is 11.1 Å². The van der Waals surface area contributed by atoms with E-state index in [4.69, 9.17) is 5.26 Å². The van der Waals surface area contributed by atoms with Crippen molar-refractivity contribution in [3.63, 3.8) is 0 Å². The molecule has 1 N–H and O–H groups in total. The number of hydrogen-bond donors (Lipinski definition) is 1. The summed E-state index contributed by atoms with van der Waals surface area (Å²) in [5.41, 5.74) is 3.45. The summed E-state index contributed by atoms with van der Waals surface area (Å²) >= 11 is 1.55. The lowest BCUT2D eigenvalue weighted by molar-refractivity contribution is -0.129. The van der Waals surface area contributed by atoms with Crippen LogP contribution in [0, 0.1) is 22.7 Å². The number of nitrogens with zero attached hydrogens (tertiary/aromatic N) is 3. The first-order valence-electron chi connectivity index (χ1n) is 7.65. The molecule has 0 saturated heterocycles. The molecule has 120 valence electrons. The molecular weight excluding hydrogens is 320 g/mol. The highest BCUT2D eigenvalue weighted by molar-refractivity contribution is 7.16. The Balaban J connectivity index is 1.78. The molecule has 2 heterocycles. The predicted molar refractivity (Wildman–Crippen MR) is 92.3 cm³/mol. The van der Waals surface area contributed by atoms with E-state index in [-0.39, 0.29) is 5.91 Å². The molecule has 1 amide bonds. The number of thiophene rings is 1. The van der Waals surface area contributed by atoms with Gasteiger partial charge in [0, 0.05) is 24.9 Å². The van der Waals surface area contributed by atoms with Crippen molar-refractivity contribution in [2.75, 3.05) is 11.9 Å². The Morgan fingerprint density at radius 1 is 1.29 bits per heavy atom. The lowest BCUT2D eigenvalue weighted by Gasteiger charge is -2.25. The summed E-state index contributed by atoms with van der Waals surface area (Å²) in [6, 6.07) is 11.8. The molecule has 6 heteroatoms. The maximum Gasteiger partial charge on any atom is 0.219 e. The molecule has 0 aliphatic carbocycles. The Morgan fingerprint density at radius 2 is 2.04 bits per heavy atom. The van der Waals surface area contributed by atoms with Crippen molar-refractivity contribution < 1.29 is 4.79 Å². The van der Waals surface area contributed by atoms with Gasteiger partial charge in [0.2, 0.25) is 5.91 Å². The second kappa shape index (κ2) is 6.74. The van der Waals surface area contributed by atoms with Crippen molar-refractivity contribution in [3.8, 4) is 12.1 Å². The van der Waals surface area contributed by atoms with E-state index >= 15 is 0 Å². The first-order chi connectivity index (χ1) is 11.6. The summed E-state index contributed by atoms with van der Waals surface area (Å²) in [4.78, 5) is 14.5. The molecule has 1 aromatic heterocycles. The number of hydrogen-bond acceptors (Lipinski definition) is 5. The molecule has 0 fully saturated rings. The number of fused-ring (bicyclic) bond motifs is 1. The summed E-state index contributed by atoms with van der Waals surface area (Å²) in [6.45, 7) is 3.43. The highest BCUT2D eigenvalue weighted by Crippen LogP contribution is 2.36. The Bertz CT molecular complexity index is 855. The Hall–Kier alpha value is -2.83. The summed E-state index contributed by atoms with van der Waals surface area (Å²) in [7, 11) is 0. The fraction of sp³-hybridized carbons (Fsp3) is 0.278. The van der Waals surface area contributed by atoms with Crippen LogP contribution in [0.4, 0.5) is 5.00 Å². The van der Waals surface area contributed by atoms with Crippen LogP contribution in [0.1, 0.15) is 34.1 Å². The van der Waals surface area contributed by atoms with Crippen LogP contribution in [-0.2, 0) is 24.3 Å². The maximum atomic E-state index is 11.6. The third-order valence-corrected chi connectivity index (χ3v) is 5.32. The molecule has 1 aliphatic heterocycles. The zero-order chi connectivity index (χ0) is 17.1. The number of nitrogens with one attached hydrogen (secondary N) is 1. The van der Waals surface area contributed by atoms with Crippen LogP contribution in [0.25, 0.3) is 0 Å². The summed E-state index contributed by atoms with van der Waals surface area (Å²) in [6.07, 6.45) is 0.729. The molecule has 1 aromatic carbocycles. The van der Waals surface area contributed by atoms with Crippen molar-refractivity contribution >= 4 is 22.2 Å². The van der Waals surface area contributed by atoms with Gasteiger partial charge in [-0.25, -0.2) is 0 Å². The zero-order valence-corrected chi connectivity index (χ0v) is 14.1. The van der Waals surface area contributed by atoms with Crippen molar-refractivity contribution in [2.24, 2.45) is 0 Å². The van der Waals surface area contributed by atoms with Crippen LogP contribution in [0.2, 0.25) is 0 Å². The van der Waals surface area contributed by atoms with Crippen LogP contribution in [0.5, 0.6) is 0 Å². The normalized spacial score (nSPS) is 12.9. The van der Waals surface area contributed by atoms with Crippen LogP contribution >= 0.6 is 11.3 Å². The Labute approximate surface area is 144 Å². The lowest BCUT2D eigenvalue weighted by atomic mass is 10.0. The van der Waals surface area contributed by atoms with Crippen LogP contribution in [-0.4, -0.2) is 17.4 Å². The second-order valence-corrected chi connectivity index (χ2v) is 6.78. The van der Waals surface area contributed by atoms with E-state index in [1.54, 1.807) is 30.4 Å². The van der Waals surface area contributed by atoms with Gasteiger partial charge in [-0.05, 0) is 29.7 Å². The number of benzene rings is 1. The molecule has 0 saturated carbocycles. The zero-order valence-electron chi connectivity index (χ0n) is 13.3. The molecular formula is C18H16N4OS. The van der Waals surface area contributed by atoms with Gasteiger partial charge in [0.05, 0.1) is 23.7 Å². The number of carbonyl (C=O) groups is 1. The van der Waals surface area contributed by atoms with Gasteiger partial charge < -0.3 is 10.2 Å². The van der Waals surface area contributed by atoms with Gasteiger partial charge in [-0.1, -0.05) is 12.1 Å². The van der Waals surface area contributed by atoms with Gasteiger partial charge in [0.25, 0.3) is 0 Å². The van der Waals surface area contributed by atoms with Crippen LogP contribution < -0.4 is 5.32 Å². The highest BCUT2D eigenvalue weighted by Gasteiger charge is 2.25. The number of anilines is 1. The monoisotopic (exact) mass is 336 g/mol. The van der Waals surface area contributed by atoms with Crippen molar-refractivity contribution in [1.29, 1.82) is 10.5 Å². The van der Waals surface area contributed by atoms with Crippen LogP contribution in [0.15, 0.2) is 24.3 Å². The van der Waals surface area contributed by atoms with Crippen molar-refractivity contribution in [1.82, 2.24) is 4.90 Å². The lowest BCUT2D eigenvalue weighted by Crippen LogP contribution is -2.33. The molecule has 5 nitrogen and oxygen atoms in total. The molecule has 0 spiro atoms. The molecule has 0 bridgehead atoms. The van der Waals surface area contributed by atoms with Gasteiger partial charge in [-0.3, -0.25) is 4.79 Å². The largest absolute Gasteiger partial charge is 0.372 e. The number of carbonyl (C=O) groups excluding carboxylic acids is 1. The molecule has 24 heavy (non-hydrogen) atoms. The third kappa shape index (κ3) is 3.10. The molecule has 3 rings (SSSR count). The first kappa shape index (κ1) is 16.0. The SMILES string of the molecule is CC(=O)N1CCc2c(sc(NCc3ccc(C#N)cc3)c2C#N)C1. The van der Waals surface area contributed by atoms with Gasteiger partial charge >= 0.3 is 0 Å². The van der Waals surface area contributed by atoms with Gasteiger partial charge in [-0.2, -0.15) is 10.5 Å². The highest BCUT2D eigenvalue weighted by atomic mass is 32.1. The molecule has 0 unspecified atom stereocenters. The smallest absolute Gasteiger partial charge is 0.219 e. The third-order valence-electron chi connectivity index (χ3n) is 4.15. The minimum atomic E-state index is 0.0691. The number of amides is 1. The van der Waals surface area contributed by atoms with E-state index < -0.39 is 0 Å². The summed E-state index contributed by atoms with van der Waals surface area (Å²) in [5, 5.41) is 22.5. The average Bonchev–Trinajstić information content (AvgIpc) is 2.96. The second-order valence-electron chi connectivity index (χ2n) is 5.67. The quantitative estimate of drug-likeness (QED) is 0.934. The van der Waals surface area contributed by atoms with Crippen molar-refractivity contribution in [3.05, 3.63) is 51.4 Å².